The summed E-state index contributed by atoms with van der Waals surface area (Å²) >= 11 is 0. The van der Waals surface area contributed by atoms with Crippen LogP contribution in [0.4, 0.5) is 8.78 Å². The van der Waals surface area contributed by atoms with Crippen molar-refractivity contribution in [3.8, 4) is 0 Å². The van der Waals surface area contributed by atoms with Crippen molar-refractivity contribution >= 4 is 0 Å². The summed E-state index contributed by atoms with van der Waals surface area (Å²) in [5.41, 5.74) is 1.92. The van der Waals surface area contributed by atoms with E-state index in [9.17, 15) is 8.78 Å². The van der Waals surface area contributed by atoms with Gasteiger partial charge in [0.15, 0.2) is 12.6 Å². The SMILES string of the molecule is CC=CC1COC(C2COC(c3ccc(CCC=C(F)F)cc3)OC2)OC1. The van der Waals surface area contributed by atoms with Crippen LogP contribution in [-0.4, -0.2) is 32.7 Å². The van der Waals surface area contributed by atoms with Crippen molar-refractivity contribution in [1.82, 2.24) is 0 Å². The van der Waals surface area contributed by atoms with Crippen LogP contribution in [-0.2, 0) is 25.4 Å². The molecule has 0 aliphatic carbocycles. The second-order valence-electron chi connectivity index (χ2n) is 6.85. The standard InChI is InChI=1S/C21H26F2O4/c1-2-4-16-11-24-21(25-12-16)18-13-26-20(27-14-18)17-9-7-15(8-10-17)5-3-6-19(22)23/h2,4,6-10,16,18,20-21H,3,5,11-14H2,1H3. The Morgan fingerprint density at radius 2 is 1.67 bits per heavy atom. The first-order chi connectivity index (χ1) is 13.2. The van der Waals surface area contributed by atoms with Crippen LogP contribution in [0.1, 0.15) is 30.8 Å². The zero-order valence-electron chi connectivity index (χ0n) is 15.5. The van der Waals surface area contributed by atoms with E-state index in [1.165, 1.54) is 0 Å². The Morgan fingerprint density at radius 1 is 1.00 bits per heavy atom. The Labute approximate surface area is 158 Å². The van der Waals surface area contributed by atoms with Crippen molar-refractivity contribution < 1.29 is 27.7 Å². The van der Waals surface area contributed by atoms with Gasteiger partial charge in [0.25, 0.3) is 6.08 Å². The summed E-state index contributed by atoms with van der Waals surface area (Å²) in [5.74, 6) is 0.356. The summed E-state index contributed by atoms with van der Waals surface area (Å²) in [6.07, 6.45) is 3.61. The van der Waals surface area contributed by atoms with Gasteiger partial charge < -0.3 is 18.9 Å². The van der Waals surface area contributed by atoms with Gasteiger partial charge in [-0.25, -0.2) is 0 Å². The minimum Gasteiger partial charge on any atom is -0.351 e. The number of halogens is 2. The van der Waals surface area contributed by atoms with E-state index in [0.717, 1.165) is 17.2 Å². The molecule has 0 spiro atoms. The first-order valence-corrected chi connectivity index (χ1v) is 9.35. The Balaban J connectivity index is 1.44. The molecule has 0 unspecified atom stereocenters. The van der Waals surface area contributed by atoms with E-state index in [-0.39, 0.29) is 12.2 Å². The molecule has 27 heavy (non-hydrogen) atoms. The van der Waals surface area contributed by atoms with Crippen LogP contribution < -0.4 is 0 Å². The maximum Gasteiger partial charge on any atom is 0.266 e. The zero-order valence-corrected chi connectivity index (χ0v) is 15.5. The van der Waals surface area contributed by atoms with Crippen molar-refractivity contribution in [3.63, 3.8) is 0 Å². The average molecular weight is 380 g/mol. The van der Waals surface area contributed by atoms with Crippen LogP contribution in [0.5, 0.6) is 0 Å². The lowest BCUT2D eigenvalue weighted by atomic mass is 10.1. The van der Waals surface area contributed by atoms with E-state index in [0.29, 0.717) is 45.2 Å². The third-order valence-electron chi connectivity index (χ3n) is 4.71. The molecular weight excluding hydrogens is 354 g/mol. The summed E-state index contributed by atoms with van der Waals surface area (Å²) in [7, 11) is 0. The molecule has 6 heteroatoms. The van der Waals surface area contributed by atoms with Gasteiger partial charge in [-0.2, -0.15) is 8.78 Å². The van der Waals surface area contributed by atoms with Gasteiger partial charge >= 0.3 is 0 Å². The maximum absolute atomic E-state index is 12.1. The maximum atomic E-state index is 12.1. The summed E-state index contributed by atoms with van der Waals surface area (Å²) in [4.78, 5) is 0. The van der Waals surface area contributed by atoms with Crippen LogP contribution in [0.2, 0.25) is 0 Å². The number of hydrogen-bond donors (Lipinski definition) is 0. The molecule has 0 N–H and O–H groups in total. The Hall–Kier alpha value is -1.60. The van der Waals surface area contributed by atoms with Crippen LogP contribution in [0.25, 0.3) is 0 Å². The first kappa shape index (κ1) is 20.1. The number of rotatable bonds is 6. The van der Waals surface area contributed by atoms with E-state index in [2.05, 4.69) is 6.08 Å². The molecule has 0 atom stereocenters. The lowest BCUT2D eigenvalue weighted by molar-refractivity contribution is -0.280. The predicted octanol–water partition coefficient (Wildman–Crippen LogP) is 4.63. The van der Waals surface area contributed by atoms with Gasteiger partial charge in [0.1, 0.15) is 0 Å². The number of hydrogen-bond acceptors (Lipinski definition) is 4. The number of allylic oxidation sites excluding steroid dienone is 2. The van der Waals surface area contributed by atoms with Crippen molar-refractivity contribution in [2.45, 2.75) is 32.3 Å². The highest BCUT2D eigenvalue weighted by Crippen LogP contribution is 2.29. The molecule has 0 radical (unpaired) electrons. The van der Waals surface area contributed by atoms with E-state index in [1.54, 1.807) is 0 Å². The molecule has 0 aromatic heterocycles. The van der Waals surface area contributed by atoms with Crippen molar-refractivity contribution in [2.75, 3.05) is 26.4 Å². The van der Waals surface area contributed by atoms with E-state index in [1.807, 2.05) is 37.3 Å². The largest absolute Gasteiger partial charge is 0.351 e. The molecular formula is C21H26F2O4. The average Bonchev–Trinajstić information content (AvgIpc) is 2.69. The molecule has 0 amide bonds. The second-order valence-corrected chi connectivity index (χ2v) is 6.85. The topological polar surface area (TPSA) is 36.9 Å². The quantitative estimate of drug-likeness (QED) is 0.675. The summed E-state index contributed by atoms with van der Waals surface area (Å²) < 4.78 is 47.5. The van der Waals surface area contributed by atoms with Gasteiger partial charge in [0.05, 0.1) is 32.3 Å². The monoisotopic (exact) mass is 380 g/mol. The molecule has 2 heterocycles. The minimum absolute atomic E-state index is 0.0504. The van der Waals surface area contributed by atoms with Crippen LogP contribution >= 0.6 is 0 Å². The Kier molecular flexibility index (Phi) is 7.52. The van der Waals surface area contributed by atoms with Gasteiger partial charge in [0.2, 0.25) is 0 Å². The molecule has 148 valence electrons. The minimum atomic E-state index is -1.63. The second kappa shape index (κ2) is 10.1. The molecule has 1 aromatic rings. The molecule has 1 aromatic carbocycles. The first-order valence-electron chi connectivity index (χ1n) is 9.35. The molecule has 0 bridgehead atoms. The molecule has 3 rings (SSSR count). The number of benzene rings is 1. The third kappa shape index (κ3) is 5.94. The number of aryl methyl sites for hydroxylation is 1. The van der Waals surface area contributed by atoms with Gasteiger partial charge in [-0.3, -0.25) is 0 Å². The highest BCUT2D eigenvalue weighted by Gasteiger charge is 2.33. The molecule has 2 fully saturated rings. The lowest BCUT2D eigenvalue weighted by Gasteiger charge is -2.37. The van der Waals surface area contributed by atoms with Crippen molar-refractivity contribution in [2.24, 2.45) is 11.8 Å². The van der Waals surface area contributed by atoms with Gasteiger partial charge in [0, 0.05) is 11.5 Å². The highest BCUT2D eigenvalue weighted by atomic mass is 19.3. The molecule has 4 nitrogen and oxygen atoms in total. The van der Waals surface area contributed by atoms with Crippen LogP contribution in [0.15, 0.2) is 48.6 Å². The molecule has 2 saturated heterocycles. The van der Waals surface area contributed by atoms with E-state index in [4.69, 9.17) is 18.9 Å². The van der Waals surface area contributed by atoms with Crippen molar-refractivity contribution in [3.05, 3.63) is 59.7 Å². The van der Waals surface area contributed by atoms with Crippen LogP contribution in [0, 0.1) is 11.8 Å². The fraction of sp³-hybridized carbons (Fsp3) is 0.524. The number of ether oxygens (including phenoxy) is 4. The van der Waals surface area contributed by atoms with Gasteiger partial charge in [-0.15, -0.1) is 0 Å². The lowest BCUT2D eigenvalue weighted by Crippen LogP contribution is -2.42. The fourth-order valence-electron chi connectivity index (χ4n) is 3.25. The van der Waals surface area contributed by atoms with Gasteiger partial charge in [-0.1, -0.05) is 36.4 Å². The zero-order chi connectivity index (χ0) is 19.1. The summed E-state index contributed by atoms with van der Waals surface area (Å²) in [5, 5.41) is 0. The smallest absolute Gasteiger partial charge is 0.266 e. The Morgan fingerprint density at radius 3 is 2.26 bits per heavy atom. The third-order valence-corrected chi connectivity index (χ3v) is 4.71. The molecule has 2 aliphatic rings. The Bertz CT molecular complexity index is 624. The molecule has 2 aliphatic heterocycles. The summed E-state index contributed by atoms with van der Waals surface area (Å²) in [6, 6.07) is 7.69. The van der Waals surface area contributed by atoms with Crippen molar-refractivity contribution in [1.29, 1.82) is 0 Å². The fourth-order valence-corrected chi connectivity index (χ4v) is 3.25. The van der Waals surface area contributed by atoms with E-state index < -0.39 is 12.4 Å². The normalized spacial score (nSPS) is 29.0. The highest BCUT2D eigenvalue weighted by molar-refractivity contribution is 5.24. The van der Waals surface area contributed by atoms with Crippen LogP contribution in [0.3, 0.4) is 0 Å². The summed E-state index contributed by atoms with van der Waals surface area (Å²) in [6.45, 7) is 4.30. The predicted molar refractivity (Wildman–Crippen MR) is 97.2 cm³/mol. The van der Waals surface area contributed by atoms with E-state index >= 15 is 0 Å². The van der Waals surface area contributed by atoms with Gasteiger partial charge in [-0.05, 0) is 31.4 Å². The molecule has 0 saturated carbocycles.